The summed E-state index contributed by atoms with van der Waals surface area (Å²) < 4.78 is 10.8. The summed E-state index contributed by atoms with van der Waals surface area (Å²) in [7, 11) is 0. The van der Waals surface area contributed by atoms with E-state index in [9.17, 15) is 28.8 Å². The number of imide groups is 2. The van der Waals surface area contributed by atoms with Crippen molar-refractivity contribution in [2.24, 2.45) is 11.8 Å². The van der Waals surface area contributed by atoms with Crippen LogP contribution in [0.5, 0.6) is 0 Å². The van der Waals surface area contributed by atoms with Crippen LogP contribution in [-0.4, -0.2) is 70.7 Å². The topological polar surface area (TPSA) is 127 Å². The van der Waals surface area contributed by atoms with E-state index in [0.717, 1.165) is 35.5 Å². The Labute approximate surface area is 224 Å². The molecular formula is C28H40N2O8. The quantitative estimate of drug-likeness (QED) is 0.159. The maximum atomic E-state index is 12.6. The molecule has 0 aromatic heterocycles. The molecule has 38 heavy (non-hydrogen) atoms. The molecule has 210 valence electrons. The summed E-state index contributed by atoms with van der Waals surface area (Å²) >= 11 is 0. The smallest absolute Gasteiger partial charge is 0.329 e. The predicted octanol–water partition coefficient (Wildman–Crippen LogP) is 3.09. The van der Waals surface area contributed by atoms with Crippen molar-refractivity contribution in [3.05, 3.63) is 24.3 Å². The predicted molar refractivity (Wildman–Crippen MR) is 138 cm³/mol. The number of unbranched alkanes of at least 4 members (excludes halogenated alkanes) is 5. The zero-order valence-electron chi connectivity index (χ0n) is 22.9. The number of carbonyl (C=O) groups is 6. The number of hydrogen-bond donors (Lipinski definition) is 0. The van der Waals surface area contributed by atoms with Crippen LogP contribution in [0.25, 0.3) is 0 Å². The van der Waals surface area contributed by atoms with Gasteiger partial charge in [0.15, 0.2) is 0 Å². The van der Waals surface area contributed by atoms with Crippen molar-refractivity contribution < 1.29 is 38.2 Å². The monoisotopic (exact) mass is 532 g/mol. The fourth-order valence-electron chi connectivity index (χ4n) is 4.43. The second-order valence-corrected chi connectivity index (χ2v) is 9.88. The third kappa shape index (κ3) is 8.10. The number of hydrogen-bond acceptors (Lipinski definition) is 8. The molecule has 0 spiro atoms. The minimum Gasteiger partial charge on any atom is -0.464 e. The van der Waals surface area contributed by atoms with E-state index < -0.39 is 47.7 Å². The Morgan fingerprint density at radius 2 is 0.895 bits per heavy atom. The van der Waals surface area contributed by atoms with E-state index in [2.05, 4.69) is 0 Å². The number of ether oxygens (including phenoxy) is 2. The van der Waals surface area contributed by atoms with E-state index in [1.54, 1.807) is 0 Å². The van der Waals surface area contributed by atoms with Gasteiger partial charge in [0.2, 0.25) is 0 Å². The average molecular weight is 533 g/mol. The van der Waals surface area contributed by atoms with Crippen molar-refractivity contribution >= 4 is 35.6 Å². The highest BCUT2D eigenvalue weighted by Gasteiger charge is 2.40. The fourth-order valence-corrected chi connectivity index (χ4v) is 4.43. The summed E-state index contributed by atoms with van der Waals surface area (Å²) in [6.07, 6.45) is 10.7. The number of amides is 4. The van der Waals surface area contributed by atoms with Crippen LogP contribution in [0.4, 0.5) is 0 Å². The molecule has 2 rings (SSSR count). The first-order valence-corrected chi connectivity index (χ1v) is 13.6. The van der Waals surface area contributed by atoms with Crippen LogP contribution in [0.3, 0.4) is 0 Å². The van der Waals surface area contributed by atoms with Crippen molar-refractivity contribution in [3.8, 4) is 0 Å². The molecule has 4 amide bonds. The van der Waals surface area contributed by atoms with Crippen molar-refractivity contribution in [3.63, 3.8) is 0 Å². The van der Waals surface area contributed by atoms with Crippen LogP contribution < -0.4 is 0 Å². The molecule has 0 saturated heterocycles. The van der Waals surface area contributed by atoms with Crippen molar-refractivity contribution in [2.75, 3.05) is 13.2 Å². The van der Waals surface area contributed by atoms with Gasteiger partial charge in [-0.25, -0.2) is 9.59 Å². The van der Waals surface area contributed by atoms with Gasteiger partial charge in [-0.1, -0.05) is 66.2 Å². The molecule has 0 fully saturated rings. The van der Waals surface area contributed by atoms with Crippen molar-refractivity contribution in [2.45, 2.75) is 91.1 Å². The lowest BCUT2D eigenvalue weighted by Gasteiger charge is -2.28. The third-order valence-corrected chi connectivity index (χ3v) is 7.12. The van der Waals surface area contributed by atoms with Crippen LogP contribution >= 0.6 is 0 Å². The molecule has 2 heterocycles. The SMILES string of the molecule is CCC(C)C(C(=O)OCCCCCCCCOC(=O)C(C(C)CC)N1C(=O)C=CC1=O)N1C(=O)C=CC1=O. The molecular weight excluding hydrogens is 492 g/mol. The molecule has 0 N–H and O–H groups in total. The van der Waals surface area contributed by atoms with Crippen LogP contribution in [0.1, 0.15) is 79.1 Å². The van der Waals surface area contributed by atoms with E-state index in [1.165, 1.54) is 24.3 Å². The van der Waals surface area contributed by atoms with Gasteiger partial charge in [0.05, 0.1) is 13.2 Å². The normalized spacial score (nSPS) is 18.2. The van der Waals surface area contributed by atoms with Crippen LogP contribution in [0.15, 0.2) is 24.3 Å². The zero-order valence-corrected chi connectivity index (χ0v) is 22.9. The van der Waals surface area contributed by atoms with Gasteiger partial charge >= 0.3 is 11.9 Å². The maximum absolute atomic E-state index is 12.6. The van der Waals surface area contributed by atoms with E-state index in [0.29, 0.717) is 25.7 Å². The number of rotatable bonds is 17. The summed E-state index contributed by atoms with van der Waals surface area (Å²) in [5.74, 6) is -3.51. The summed E-state index contributed by atoms with van der Waals surface area (Å²) in [6, 6.07) is -1.84. The van der Waals surface area contributed by atoms with Gasteiger partial charge in [-0.05, 0) is 24.7 Å². The first-order chi connectivity index (χ1) is 18.1. The standard InChI is InChI=1S/C28H40N2O8/c1-5-19(3)25(29-21(31)13-14-22(29)32)27(35)37-17-11-9-7-8-10-12-18-38-28(36)26(20(4)6-2)30-23(33)15-16-24(30)34/h13-16,19-20,25-26H,5-12,17-18H2,1-4H3. The Balaban J connectivity index is 1.62. The van der Waals surface area contributed by atoms with E-state index in [1.807, 2.05) is 27.7 Å². The summed E-state index contributed by atoms with van der Waals surface area (Å²) in [6.45, 7) is 7.84. The molecule has 0 aromatic carbocycles. The molecule has 4 unspecified atom stereocenters. The molecule has 0 radical (unpaired) electrons. The molecule has 2 aliphatic heterocycles. The lowest BCUT2D eigenvalue weighted by Crippen LogP contribution is -2.49. The van der Waals surface area contributed by atoms with Gasteiger partial charge in [0.25, 0.3) is 23.6 Å². The van der Waals surface area contributed by atoms with Crippen LogP contribution in [0, 0.1) is 11.8 Å². The highest BCUT2D eigenvalue weighted by Crippen LogP contribution is 2.22. The minimum atomic E-state index is -0.921. The van der Waals surface area contributed by atoms with E-state index in [4.69, 9.17) is 9.47 Å². The number of esters is 2. The Morgan fingerprint density at radius 1 is 0.605 bits per heavy atom. The lowest BCUT2D eigenvalue weighted by atomic mass is 9.97. The summed E-state index contributed by atoms with van der Waals surface area (Å²) in [5.41, 5.74) is 0. The van der Waals surface area contributed by atoms with Crippen LogP contribution in [-0.2, 0) is 38.2 Å². The minimum absolute atomic E-state index is 0.210. The van der Waals surface area contributed by atoms with Crippen LogP contribution in [0.2, 0.25) is 0 Å². The Morgan fingerprint density at radius 3 is 1.18 bits per heavy atom. The average Bonchev–Trinajstić information content (AvgIpc) is 3.40. The van der Waals surface area contributed by atoms with Gasteiger partial charge in [-0.3, -0.25) is 29.0 Å². The summed E-state index contributed by atoms with van der Waals surface area (Å²) in [4.78, 5) is 75.3. The molecule has 2 aliphatic rings. The third-order valence-electron chi connectivity index (χ3n) is 7.12. The lowest BCUT2D eigenvalue weighted by molar-refractivity contribution is -0.160. The van der Waals surface area contributed by atoms with E-state index >= 15 is 0 Å². The first-order valence-electron chi connectivity index (χ1n) is 13.6. The zero-order chi connectivity index (χ0) is 28.2. The Bertz CT molecular complexity index is 845. The fraction of sp³-hybridized carbons (Fsp3) is 0.643. The first kappa shape index (κ1) is 30.9. The number of nitrogens with zero attached hydrogens (tertiary/aromatic N) is 2. The molecule has 10 heteroatoms. The molecule has 0 aromatic rings. The van der Waals surface area contributed by atoms with Gasteiger partial charge in [-0.2, -0.15) is 0 Å². The second kappa shape index (κ2) is 15.2. The molecule has 10 nitrogen and oxygen atoms in total. The van der Waals surface area contributed by atoms with Gasteiger partial charge in [0, 0.05) is 24.3 Å². The molecule has 0 bridgehead atoms. The highest BCUT2D eigenvalue weighted by molar-refractivity contribution is 6.15. The van der Waals surface area contributed by atoms with Gasteiger partial charge in [0.1, 0.15) is 12.1 Å². The highest BCUT2D eigenvalue weighted by atomic mass is 16.5. The Kier molecular flexibility index (Phi) is 12.4. The van der Waals surface area contributed by atoms with Gasteiger partial charge < -0.3 is 9.47 Å². The van der Waals surface area contributed by atoms with E-state index in [-0.39, 0.29) is 25.0 Å². The largest absolute Gasteiger partial charge is 0.464 e. The number of carbonyl (C=O) groups excluding carboxylic acids is 6. The molecule has 4 atom stereocenters. The molecule has 0 aliphatic carbocycles. The summed E-state index contributed by atoms with van der Waals surface area (Å²) in [5, 5.41) is 0. The van der Waals surface area contributed by atoms with Crippen molar-refractivity contribution in [1.82, 2.24) is 9.80 Å². The maximum Gasteiger partial charge on any atom is 0.329 e. The Hall–Kier alpha value is -3.30. The van der Waals surface area contributed by atoms with Crippen molar-refractivity contribution in [1.29, 1.82) is 0 Å². The second-order valence-electron chi connectivity index (χ2n) is 9.88. The molecule has 0 saturated carbocycles. The van der Waals surface area contributed by atoms with Gasteiger partial charge in [-0.15, -0.1) is 0 Å².